The van der Waals surface area contributed by atoms with Gasteiger partial charge >= 0.3 is 5.97 Å². The molecule has 3 heteroatoms. The van der Waals surface area contributed by atoms with E-state index in [2.05, 4.69) is 4.98 Å². The Hall–Kier alpha value is -2.16. The molecular formula is C15H13NO2. The number of carboxylic acids is 1. The molecule has 3 nitrogen and oxygen atoms in total. The molecule has 1 N–H and O–H groups in total. The Bertz CT molecular complexity index is 588. The maximum Gasteiger partial charge on any atom is 0.314 e. The van der Waals surface area contributed by atoms with Crippen molar-refractivity contribution in [2.45, 2.75) is 18.3 Å². The molecule has 1 aliphatic carbocycles. The van der Waals surface area contributed by atoms with E-state index >= 15 is 0 Å². The van der Waals surface area contributed by atoms with Gasteiger partial charge in [0.15, 0.2) is 0 Å². The molecule has 1 aromatic carbocycles. The summed E-state index contributed by atoms with van der Waals surface area (Å²) in [6, 6.07) is 11.8. The Balaban J connectivity index is 2.15. The molecule has 1 saturated carbocycles. The van der Waals surface area contributed by atoms with Gasteiger partial charge < -0.3 is 5.11 Å². The van der Waals surface area contributed by atoms with Crippen LogP contribution in [0.25, 0.3) is 11.1 Å². The number of pyridine rings is 1. The minimum atomic E-state index is -0.743. The summed E-state index contributed by atoms with van der Waals surface area (Å²) in [6.45, 7) is 0. The van der Waals surface area contributed by atoms with Crippen molar-refractivity contribution in [1.82, 2.24) is 4.98 Å². The van der Waals surface area contributed by atoms with Gasteiger partial charge in [-0.15, -0.1) is 0 Å². The molecular weight excluding hydrogens is 226 g/mol. The van der Waals surface area contributed by atoms with Crippen molar-refractivity contribution in [3.05, 3.63) is 54.4 Å². The average molecular weight is 239 g/mol. The Labute approximate surface area is 105 Å². The third-order valence-electron chi connectivity index (χ3n) is 3.58. The Morgan fingerprint density at radius 1 is 1.17 bits per heavy atom. The average Bonchev–Trinajstić information content (AvgIpc) is 3.21. The third kappa shape index (κ3) is 1.59. The summed E-state index contributed by atoms with van der Waals surface area (Å²) in [5, 5.41) is 9.40. The molecule has 0 spiro atoms. The van der Waals surface area contributed by atoms with E-state index in [4.69, 9.17) is 0 Å². The molecule has 0 aliphatic heterocycles. The second-order valence-electron chi connectivity index (χ2n) is 4.67. The van der Waals surface area contributed by atoms with Gasteiger partial charge in [-0.05, 0) is 35.6 Å². The van der Waals surface area contributed by atoms with Crippen molar-refractivity contribution in [1.29, 1.82) is 0 Å². The van der Waals surface area contributed by atoms with Crippen molar-refractivity contribution >= 4 is 5.97 Å². The second-order valence-corrected chi connectivity index (χ2v) is 4.67. The number of rotatable bonds is 3. The van der Waals surface area contributed by atoms with E-state index in [9.17, 15) is 9.90 Å². The molecule has 90 valence electrons. The van der Waals surface area contributed by atoms with Gasteiger partial charge in [0.2, 0.25) is 0 Å². The van der Waals surface area contributed by atoms with Crippen molar-refractivity contribution in [3.63, 3.8) is 0 Å². The molecule has 1 aromatic heterocycles. The highest BCUT2D eigenvalue weighted by Gasteiger charge is 2.53. The van der Waals surface area contributed by atoms with Crippen molar-refractivity contribution < 1.29 is 9.90 Å². The monoisotopic (exact) mass is 239 g/mol. The summed E-state index contributed by atoms with van der Waals surface area (Å²) in [5.41, 5.74) is 2.15. The van der Waals surface area contributed by atoms with Crippen molar-refractivity contribution in [2.24, 2.45) is 0 Å². The van der Waals surface area contributed by atoms with Gasteiger partial charge in [-0.1, -0.05) is 30.3 Å². The van der Waals surface area contributed by atoms with Crippen LogP contribution in [0.5, 0.6) is 0 Å². The van der Waals surface area contributed by atoms with Crippen LogP contribution in [-0.2, 0) is 10.2 Å². The number of hydrogen-bond donors (Lipinski definition) is 1. The minimum Gasteiger partial charge on any atom is -0.481 e. The molecule has 1 heterocycles. The topological polar surface area (TPSA) is 50.2 Å². The molecule has 3 rings (SSSR count). The number of carbonyl (C=O) groups is 1. The van der Waals surface area contributed by atoms with Crippen LogP contribution in [0.1, 0.15) is 18.4 Å². The molecule has 0 radical (unpaired) electrons. The zero-order valence-electron chi connectivity index (χ0n) is 9.84. The van der Waals surface area contributed by atoms with Crippen LogP contribution in [0, 0.1) is 0 Å². The first-order valence-corrected chi connectivity index (χ1v) is 5.97. The molecule has 0 unspecified atom stereocenters. The molecule has 1 aliphatic rings. The third-order valence-corrected chi connectivity index (χ3v) is 3.58. The molecule has 1 fully saturated rings. The zero-order chi connectivity index (χ0) is 12.6. The fraction of sp³-hybridized carbons (Fsp3) is 0.200. The lowest BCUT2D eigenvalue weighted by Crippen LogP contribution is -2.20. The second kappa shape index (κ2) is 3.95. The first kappa shape index (κ1) is 11.0. The summed E-state index contributed by atoms with van der Waals surface area (Å²) in [7, 11) is 0. The Morgan fingerprint density at radius 2 is 1.89 bits per heavy atom. The lowest BCUT2D eigenvalue weighted by Gasteiger charge is -2.15. The van der Waals surface area contributed by atoms with E-state index in [-0.39, 0.29) is 0 Å². The molecule has 0 saturated heterocycles. The van der Waals surface area contributed by atoms with Gasteiger partial charge in [-0.3, -0.25) is 9.78 Å². The maximum atomic E-state index is 11.4. The summed E-state index contributed by atoms with van der Waals surface area (Å²) in [5.74, 6) is -0.743. The van der Waals surface area contributed by atoms with Gasteiger partial charge in [-0.2, -0.15) is 0 Å². The minimum absolute atomic E-state index is 0.702. The van der Waals surface area contributed by atoms with E-state index in [1.54, 1.807) is 12.4 Å². The van der Waals surface area contributed by atoms with Gasteiger partial charge in [0.1, 0.15) is 0 Å². The number of nitrogens with zero attached hydrogens (tertiary/aromatic N) is 1. The lowest BCUT2D eigenvalue weighted by atomic mass is 9.90. The van der Waals surface area contributed by atoms with E-state index < -0.39 is 11.4 Å². The van der Waals surface area contributed by atoms with Gasteiger partial charge in [0.25, 0.3) is 0 Å². The summed E-state index contributed by atoms with van der Waals surface area (Å²) >= 11 is 0. The van der Waals surface area contributed by atoms with E-state index in [0.717, 1.165) is 16.7 Å². The van der Waals surface area contributed by atoms with Gasteiger partial charge in [0.05, 0.1) is 5.41 Å². The van der Waals surface area contributed by atoms with Crippen molar-refractivity contribution in [3.8, 4) is 11.1 Å². The predicted molar refractivity (Wildman–Crippen MR) is 68.2 cm³/mol. The Morgan fingerprint density at radius 3 is 2.50 bits per heavy atom. The van der Waals surface area contributed by atoms with Crippen LogP contribution in [0.15, 0.2) is 48.8 Å². The zero-order valence-corrected chi connectivity index (χ0v) is 9.84. The van der Waals surface area contributed by atoms with Gasteiger partial charge in [-0.25, -0.2) is 0 Å². The van der Waals surface area contributed by atoms with E-state index in [1.165, 1.54) is 0 Å². The van der Waals surface area contributed by atoms with Gasteiger partial charge in [0, 0.05) is 12.4 Å². The molecule has 18 heavy (non-hydrogen) atoms. The van der Waals surface area contributed by atoms with Crippen molar-refractivity contribution in [2.75, 3.05) is 0 Å². The fourth-order valence-corrected chi connectivity index (χ4v) is 2.37. The quantitative estimate of drug-likeness (QED) is 0.896. The lowest BCUT2D eigenvalue weighted by molar-refractivity contribution is -0.140. The number of aliphatic carboxylic acids is 1. The summed E-state index contributed by atoms with van der Waals surface area (Å²) < 4.78 is 0. The SMILES string of the molecule is O=C(O)C1(c2cnccc2-c2ccccc2)CC1. The van der Waals surface area contributed by atoms with E-state index in [0.29, 0.717) is 12.8 Å². The smallest absolute Gasteiger partial charge is 0.314 e. The highest BCUT2D eigenvalue weighted by molar-refractivity contribution is 5.88. The number of carboxylic acid groups (broad SMARTS) is 1. The van der Waals surface area contributed by atoms with Crippen LogP contribution in [0.2, 0.25) is 0 Å². The highest BCUT2D eigenvalue weighted by atomic mass is 16.4. The normalized spacial score (nSPS) is 16.2. The van der Waals surface area contributed by atoms with Crippen LogP contribution in [0.3, 0.4) is 0 Å². The summed E-state index contributed by atoms with van der Waals surface area (Å²) in [4.78, 5) is 15.5. The molecule has 2 aromatic rings. The molecule has 0 amide bonds. The van der Waals surface area contributed by atoms with Crippen LogP contribution in [0.4, 0.5) is 0 Å². The standard InChI is InChI=1S/C15H13NO2/c17-14(18)15(7-8-15)13-10-16-9-6-12(13)11-4-2-1-3-5-11/h1-6,9-10H,7-8H2,(H,17,18). The first-order valence-electron chi connectivity index (χ1n) is 5.97. The molecule has 0 bridgehead atoms. The molecule has 0 atom stereocenters. The highest BCUT2D eigenvalue weighted by Crippen LogP contribution is 2.51. The van der Waals surface area contributed by atoms with E-state index in [1.807, 2.05) is 36.4 Å². The maximum absolute atomic E-state index is 11.4. The largest absolute Gasteiger partial charge is 0.481 e. The number of aromatic nitrogens is 1. The summed E-state index contributed by atoms with van der Waals surface area (Å²) in [6.07, 6.45) is 4.81. The van der Waals surface area contributed by atoms with Crippen LogP contribution in [-0.4, -0.2) is 16.1 Å². The van der Waals surface area contributed by atoms with Crippen LogP contribution >= 0.6 is 0 Å². The Kier molecular flexibility index (Phi) is 2.40. The van der Waals surface area contributed by atoms with Crippen LogP contribution < -0.4 is 0 Å². The first-order chi connectivity index (χ1) is 8.74. The number of benzene rings is 1. The predicted octanol–water partition coefficient (Wildman–Crippen LogP) is 2.86. The number of hydrogen-bond acceptors (Lipinski definition) is 2. The fourth-order valence-electron chi connectivity index (χ4n) is 2.37.